The molecule has 0 bridgehead atoms. The molecule has 0 aromatic heterocycles. The molecule has 5 nitrogen and oxygen atoms in total. The van der Waals surface area contributed by atoms with E-state index in [1.165, 1.54) is 25.2 Å². The van der Waals surface area contributed by atoms with Crippen molar-refractivity contribution < 1.29 is 33.0 Å². The number of alkyl halides is 2. The van der Waals surface area contributed by atoms with Gasteiger partial charge in [-0.15, -0.1) is 0 Å². The van der Waals surface area contributed by atoms with E-state index in [1.54, 1.807) is 6.92 Å². The molecular formula is C23H28F2O5. The van der Waals surface area contributed by atoms with Gasteiger partial charge < -0.3 is 9.84 Å². The molecule has 4 aliphatic carbocycles. The molecule has 8 atom stereocenters. The monoisotopic (exact) mass is 422 g/mol. The second-order valence-electron chi connectivity index (χ2n) is 9.82. The molecule has 0 spiro atoms. The second kappa shape index (κ2) is 6.81. The standard InChI is InChI=1S/C23H28F2O5/c1-12(26)30-11-19(28)15-5-4-14-16-9-18(24)17-8-13(27)6-7-22(17,3)23(16,25)20(29)10-21(14,15)2/h6-8,14-16,18,20,29H,4-5,9-11H2,1-3H3/t14?,15-,16+,18+,20+,21+,22+,23?/m1/s1. The summed E-state index contributed by atoms with van der Waals surface area (Å²) in [6, 6.07) is 0. The van der Waals surface area contributed by atoms with Crippen molar-refractivity contribution in [2.75, 3.05) is 6.61 Å². The molecule has 0 heterocycles. The molecule has 0 amide bonds. The number of ketones is 2. The third-order valence-corrected chi connectivity index (χ3v) is 8.43. The lowest BCUT2D eigenvalue weighted by molar-refractivity contribution is -0.202. The number of hydrogen-bond donors (Lipinski definition) is 1. The summed E-state index contributed by atoms with van der Waals surface area (Å²) >= 11 is 0. The summed E-state index contributed by atoms with van der Waals surface area (Å²) < 4.78 is 36.9. The fraction of sp³-hybridized carbons (Fsp3) is 0.696. The van der Waals surface area contributed by atoms with E-state index in [2.05, 4.69) is 0 Å². The zero-order chi connectivity index (χ0) is 22.1. The van der Waals surface area contributed by atoms with E-state index in [0.717, 1.165) is 0 Å². The Bertz CT molecular complexity index is 866. The van der Waals surface area contributed by atoms with E-state index in [0.29, 0.717) is 12.8 Å². The second-order valence-corrected chi connectivity index (χ2v) is 9.82. The minimum absolute atomic E-state index is 0.0583. The van der Waals surface area contributed by atoms with Gasteiger partial charge in [-0.1, -0.05) is 13.0 Å². The largest absolute Gasteiger partial charge is 0.458 e. The Morgan fingerprint density at radius 1 is 1.27 bits per heavy atom. The van der Waals surface area contributed by atoms with Crippen LogP contribution in [-0.2, 0) is 19.1 Å². The van der Waals surface area contributed by atoms with E-state index in [9.17, 15) is 19.5 Å². The van der Waals surface area contributed by atoms with Crippen LogP contribution in [0, 0.1) is 28.6 Å². The summed E-state index contributed by atoms with van der Waals surface area (Å²) in [5, 5.41) is 11.1. The van der Waals surface area contributed by atoms with Crippen molar-refractivity contribution >= 4 is 17.5 Å². The predicted molar refractivity (Wildman–Crippen MR) is 104 cm³/mol. The molecule has 0 saturated heterocycles. The zero-order valence-corrected chi connectivity index (χ0v) is 17.5. The maximum atomic E-state index is 16.8. The molecule has 0 aromatic rings. The Morgan fingerprint density at radius 2 is 1.97 bits per heavy atom. The number of carbonyl (C=O) groups excluding carboxylic acids is 3. The quantitative estimate of drug-likeness (QED) is 0.707. The van der Waals surface area contributed by atoms with Crippen LogP contribution in [0.2, 0.25) is 0 Å². The van der Waals surface area contributed by atoms with Gasteiger partial charge in [0.15, 0.2) is 17.2 Å². The van der Waals surface area contributed by atoms with E-state index >= 15 is 8.78 Å². The molecule has 2 unspecified atom stereocenters. The minimum Gasteiger partial charge on any atom is -0.458 e. The van der Waals surface area contributed by atoms with Gasteiger partial charge in [0.2, 0.25) is 0 Å². The Kier molecular flexibility index (Phi) is 4.84. The molecule has 3 fully saturated rings. The Balaban J connectivity index is 1.71. The van der Waals surface area contributed by atoms with Gasteiger partial charge in [-0.25, -0.2) is 8.78 Å². The highest BCUT2D eigenvalue weighted by atomic mass is 19.1. The van der Waals surface area contributed by atoms with Crippen molar-refractivity contribution in [2.24, 2.45) is 28.6 Å². The van der Waals surface area contributed by atoms with Gasteiger partial charge in [-0.3, -0.25) is 14.4 Å². The first-order valence-corrected chi connectivity index (χ1v) is 10.6. The number of aliphatic hydroxyl groups is 1. The maximum absolute atomic E-state index is 16.8. The van der Waals surface area contributed by atoms with Crippen LogP contribution in [0.1, 0.15) is 46.5 Å². The van der Waals surface area contributed by atoms with Crippen molar-refractivity contribution in [1.29, 1.82) is 0 Å². The lowest BCUT2D eigenvalue weighted by atomic mass is 9.45. The van der Waals surface area contributed by atoms with E-state index < -0.39 is 46.6 Å². The molecule has 1 N–H and O–H groups in total. The highest BCUT2D eigenvalue weighted by Crippen LogP contribution is 2.69. The first-order valence-electron chi connectivity index (χ1n) is 10.6. The average molecular weight is 422 g/mol. The van der Waals surface area contributed by atoms with E-state index in [4.69, 9.17) is 4.74 Å². The van der Waals surface area contributed by atoms with Gasteiger partial charge >= 0.3 is 5.97 Å². The number of rotatable bonds is 3. The van der Waals surface area contributed by atoms with Crippen LogP contribution in [-0.4, -0.2) is 47.2 Å². The molecule has 164 valence electrons. The van der Waals surface area contributed by atoms with Crippen LogP contribution in [0.4, 0.5) is 8.78 Å². The van der Waals surface area contributed by atoms with Gasteiger partial charge in [0.25, 0.3) is 0 Å². The van der Waals surface area contributed by atoms with Crippen LogP contribution in [0.3, 0.4) is 0 Å². The van der Waals surface area contributed by atoms with Gasteiger partial charge in [0, 0.05) is 24.2 Å². The van der Waals surface area contributed by atoms with Crippen LogP contribution in [0.15, 0.2) is 23.8 Å². The summed E-state index contributed by atoms with van der Waals surface area (Å²) in [5.41, 5.74) is -4.15. The smallest absolute Gasteiger partial charge is 0.303 e. The first-order chi connectivity index (χ1) is 13.9. The summed E-state index contributed by atoms with van der Waals surface area (Å²) in [5.74, 6) is -2.72. The lowest BCUT2D eigenvalue weighted by Gasteiger charge is -2.62. The normalized spacial score (nSPS) is 47.1. The molecule has 0 radical (unpaired) electrons. The van der Waals surface area contributed by atoms with Crippen molar-refractivity contribution in [2.45, 2.75) is 64.4 Å². The molecule has 0 aromatic carbocycles. The van der Waals surface area contributed by atoms with Crippen LogP contribution in [0.25, 0.3) is 0 Å². The summed E-state index contributed by atoms with van der Waals surface area (Å²) in [6.45, 7) is 4.31. The number of carbonyl (C=O) groups is 3. The highest BCUT2D eigenvalue weighted by molar-refractivity contribution is 6.01. The van der Waals surface area contributed by atoms with Gasteiger partial charge in [-0.05, 0) is 61.7 Å². The minimum atomic E-state index is -2.13. The van der Waals surface area contributed by atoms with Crippen LogP contribution >= 0.6 is 0 Å². The molecule has 7 heteroatoms. The Morgan fingerprint density at radius 3 is 2.63 bits per heavy atom. The highest BCUT2D eigenvalue weighted by Gasteiger charge is 2.72. The first kappa shape index (κ1) is 21.3. The summed E-state index contributed by atoms with van der Waals surface area (Å²) in [6.07, 6.45) is 1.90. The Hall–Kier alpha value is -1.89. The van der Waals surface area contributed by atoms with Crippen molar-refractivity contribution in [3.05, 3.63) is 23.8 Å². The number of esters is 1. The van der Waals surface area contributed by atoms with Gasteiger partial charge in [-0.2, -0.15) is 0 Å². The van der Waals surface area contributed by atoms with E-state index in [-0.39, 0.29) is 42.5 Å². The van der Waals surface area contributed by atoms with Gasteiger partial charge in [0.1, 0.15) is 12.8 Å². The third kappa shape index (κ3) is 2.70. The summed E-state index contributed by atoms with van der Waals surface area (Å²) in [4.78, 5) is 35.7. The van der Waals surface area contributed by atoms with Crippen LogP contribution in [0.5, 0.6) is 0 Å². The number of fused-ring (bicyclic) bond motifs is 5. The van der Waals surface area contributed by atoms with E-state index in [1.807, 2.05) is 6.92 Å². The molecule has 4 aliphatic rings. The summed E-state index contributed by atoms with van der Waals surface area (Å²) in [7, 11) is 0. The number of halogens is 2. The van der Waals surface area contributed by atoms with Gasteiger partial charge in [0.05, 0.1) is 6.10 Å². The number of hydrogen-bond acceptors (Lipinski definition) is 5. The average Bonchev–Trinajstić information content (AvgIpc) is 3.00. The molecule has 4 rings (SSSR count). The molecule has 0 aliphatic heterocycles. The fourth-order valence-electron chi connectivity index (χ4n) is 7.00. The zero-order valence-electron chi connectivity index (χ0n) is 17.5. The number of allylic oxidation sites excluding steroid dienone is 4. The van der Waals surface area contributed by atoms with Crippen molar-refractivity contribution in [3.8, 4) is 0 Å². The predicted octanol–water partition coefficient (Wildman–Crippen LogP) is 3.05. The number of ether oxygens (including phenoxy) is 1. The van der Waals surface area contributed by atoms with Crippen molar-refractivity contribution in [1.82, 2.24) is 0 Å². The van der Waals surface area contributed by atoms with Crippen molar-refractivity contribution in [3.63, 3.8) is 0 Å². The number of Topliss-reactive ketones (excluding diaryl/α,β-unsaturated/α-hetero) is 1. The SMILES string of the molecule is CC(=O)OCC(=O)[C@H]1CCC2[C@@H]3C[C@H](F)C4=CC(=O)C=C[C@]4(C)C3(F)[C@@H](O)C[C@@]21C. The number of aliphatic hydroxyl groups excluding tert-OH is 1. The fourth-order valence-corrected chi connectivity index (χ4v) is 7.00. The molecule has 30 heavy (non-hydrogen) atoms. The Labute approximate surface area is 174 Å². The third-order valence-electron chi connectivity index (χ3n) is 8.43. The molecular weight excluding hydrogens is 394 g/mol. The molecule has 3 saturated carbocycles. The van der Waals surface area contributed by atoms with Crippen LogP contribution < -0.4 is 0 Å². The maximum Gasteiger partial charge on any atom is 0.303 e. The topological polar surface area (TPSA) is 80.7 Å². The lowest BCUT2D eigenvalue weighted by Crippen LogP contribution is -2.68.